The maximum atomic E-state index is 5.55. The third-order valence-corrected chi connectivity index (χ3v) is 1.59. The van der Waals surface area contributed by atoms with E-state index in [0.29, 0.717) is 17.6 Å². The van der Waals surface area contributed by atoms with Crippen molar-refractivity contribution < 1.29 is 4.74 Å². The molecular formula is C8H12ClN3O. The summed E-state index contributed by atoms with van der Waals surface area (Å²) in [4.78, 5) is 0. The fraction of sp³-hybridized carbons (Fsp3) is 0.500. The topological polar surface area (TPSA) is 47.0 Å². The second-order valence-corrected chi connectivity index (χ2v) is 2.78. The van der Waals surface area contributed by atoms with Crippen LogP contribution >= 0.6 is 11.6 Å². The molecule has 0 fully saturated rings. The van der Waals surface area contributed by atoms with Crippen molar-refractivity contribution >= 4 is 11.6 Å². The monoisotopic (exact) mass is 201 g/mol. The third kappa shape index (κ3) is 4.05. The van der Waals surface area contributed by atoms with E-state index in [9.17, 15) is 0 Å². The molecule has 0 saturated heterocycles. The van der Waals surface area contributed by atoms with Gasteiger partial charge < -0.3 is 10.1 Å². The number of aromatic nitrogens is 2. The van der Waals surface area contributed by atoms with E-state index in [4.69, 9.17) is 16.3 Å². The van der Waals surface area contributed by atoms with E-state index in [1.807, 2.05) is 6.92 Å². The first kappa shape index (κ1) is 10.2. The van der Waals surface area contributed by atoms with Crippen LogP contribution in [0.25, 0.3) is 0 Å². The fourth-order valence-electron chi connectivity index (χ4n) is 0.785. The van der Waals surface area contributed by atoms with Crippen LogP contribution in [0.5, 0.6) is 5.88 Å². The molecule has 0 amide bonds. The zero-order valence-electron chi connectivity index (χ0n) is 7.46. The summed E-state index contributed by atoms with van der Waals surface area (Å²) in [6, 6.07) is 3.35. The second kappa shape index (κ2) is 5.72. The summed E-state index contributed by atoms with van der Waals surface area (Å²) >= 11 is 5.55. The molecule has 0 aliphatic heterocycles. The van der Waals surface area contributed by atoms with E-state index in [-0.39, 0.29) is 0 Å². The Balaban J connectivity index is 2.25. The molecule has 4 nitrogen and oxygen atoms in total. The molecule has 0 spiro atoms. The Bertz CT molecular complexity index is 240. The highest BCUT2D eigenvalue weighted by molar-refractivity contribution is 6.29. The largest absolute Gasteiger partial charge is 0.475 e. The Morgan fingerprint density at radius 3 is 2.92 bits per heavy atom. The molecule has 5 heteroatoms. The van der Waals surface area contributed by atoms with Gasteiger partial charge in [-0.1, -0.05) is 18.5 Å². The predicted octanol–water partition coefficient (Wildman–Crippen LogP) is 1.12. The standard InChI is InChI=1S/C8H12ClN3O/c1-2-10-5-6-13-8-4-3-7(9)11-12-8/h3-4,10H,2,5-6H2,1H3. The van der Waals surface area contributed by atoms with Crippen molar-refractivity contribution in [1.29, 1.82) is 0 Å². The summed E-state index contributed by atoms with van der Waals surface area (Å²) in [5, 5.41) is 10.9. The highest BCUT2D eigenvalue weighted by Crippen LogP contribution is 2.07. The van der Waals surface area contributed by atoms with Crippen LogP contribution in [0, 0.1) is 0 Å². The first-order valence-electron chi connectivity index (χ1n) is 4.15. The maximum Gasteiger partial charge on any atom is 0.233 e. The summed E-state index contributed by atoms with van der Waals surface area (Å²) in [5.41, 5.74) is 0. The van der Waals surface area contributed by atoms with Gasteiger partial charge in [-0.05, 0) is 12.6 Å². The summed E-state index contributed by atoms with van der Waals surface area (Å²) in [6.07, 6.45) is 0. The van der Waals surface area contributed by atoms with Gasteiger partial charge in [0.2, 0.25) is 5.88 Å². The Labute approximate surface area is 82.3 Å². The van der Waals surface area contributed by atoms with Crippen molar-refractivity contribution in [2.45, 2.75) is 6.92 Å². The Kier molecular flexibility index (Phi) is 4.49. The van der Waals surface area contributed by atoms with Crippen molar-refractivity contribution in [1.82, 2.24) is 15.5 Å². The minimum absolute atomic E-state index is 0.374. The van der Waals surface area contributed by atoms with Crippen LogP contribution in [-0.2, 0) is 0 Å². The molecule has 0 saturated carbocycles. The fourth-order valence-corrected chi connectivity index (χ4v) is 0.886. The summed E-state index contributed by atoms with van der Waals surface area (Å²) < 4.78 is 5.27. The first-order chi connectivity index (χ1) is 6.33. The van der Waals surface area contributed by atoms with Gasteiger partial charge >= 0.3 is 0 Å². The Morgan fingerprint density at radius 2 is 2.31 bits per heavy atom. The molecule has 0 aromatic carbocycles. The van der Waals surface area contributed by atoms with Gasteiger partial charge in [-0.3, -0.25) is 0 Å². The SMILES string of the molecule is CCNCCOc1ccc(Cl)nn1. The van der Waals surface area contributed by atoms with Gasteiger partial charge in [0.1, 0.15) is 6.61 Å². The van der Waals surface area contributed by atoms with Crippen molar-refractivity contribution in [3.8, 4) is 5.88 Å². The number of hydrogen-bond donors (Lipinski definition) is 1. The van der Waals surface area contributed by atoms with Crippen LogP contribution in [0.3, 0.4) is 0 Å². The highest BCUT2D eigenvalue weighted by Gasteiger charge is 1.95. The number of likely N-dealkylation sites (N-methyl/N-ethyl adjacent to an activating group) is 1. The molecule has 0 radical (unpaired) electrons. The average molecular weight is 202 g/mol. The summed E-state index contributed by atoms with van der Waals surface area (Å²) in [7, 11) is 0. The molecule has 0 atom stereocenters. The molecule has 1 rings (SSSR count). The van der Waals surface area contributed by atoms with E-state index in [0.717, 1.165) is 13.1 Å². The maximum absolute atomic E-state index is 5.55. The molecule has 1 aromatic heterocycles. The first-order valence-corrected chi connectivity index (χ1v) is 4.53. The number of rotatable bonds is 5. The van der Waals surface area contributed by atoms with E-state index >= 15 is 0 Å². The van der Waals surface area contributed by atoms with Crippen LogP contribution in [0.4, 0.5) is 0 Å². The van der Waals surface area contributed by atoms with Gasteiger partial charge in [-0.25, -0.2) is 0 Å². The lowest BCUT2D eigenvalue weighted by atomic mass is 10.5. The van der Waals surface area contributed by atoms with Crippen LogP contribution in [0.2, 0.25) is 5.15 Å². The molecule has 0 unspecified atom stereocenters. The number of hydrogen-bond acceptors (Lipinski definition) is 4. The molecule has 13 heavy (non-hydrogen) atoms. The number of ether oxygens (including phenoxy) is 1. The number of nitrogens with zero attached hydrogens (tertiary/aromatic N) is 2. The van der Waals surface area contributed by atoms with Crippen LogP contribution < -0.4 is 10.1 Å². The summed E-state index contributed by atoms with van der Waals surface area (Å²) in [6.45, 7) is 4.38. The lowest BCUT2D eigenvalue weighted by Crippen LogP contribution is -2.20. The van der Waals surface area contributed by atoms with Crippen LogP contribution in [-0.4, -0.2) is 29.9 Å². The number of halogens is 1. The minimum atomic E-state index is 0.374. The van der Waals surface area contributed by atoms with Gasteiger partial charge in [-0.15, -0.1) is 10.2 Å². The molecular weight excluding hydrogens is 190 g/mol. The molecule has 72 valence electrons. The van der Waals surface area contributed by atoms with Gasteiger partial charge in [0.05, 0.1) is 0 Å². The van der Waals surface area contributed by atoms with E-state index in [1.54, 1.807) is 12.1 Å². The zero-order valence-corrected chi connectivity index (χ0v) is 8.21. The van der Waals surface area contributed by atoms with Crippen molar-refractivity contribution in [2.75, 3.05) is 19.7 Å². The lowest BCUT2D eigenvalue weighted by molar-refractivity contribution is 0.300. The molecule has 0 aliphatic carbocycles. The van der Waals surface area contributed by atoms with Crippen molar-refractivity contribution in [3.63, 3.8) is 0 Å². The molecule has 1 aromatic rings. The van der Waals surface area contributed by atoms with E-state index < -0.39 is 0 Å². The molecule has 0 aliphatic rings. The van der Waals surface area contributed by atoms with Crippen molar-refractivity contribution in [3.05, 3.63) is 17.3 Å². The Morgan fingerprint density at radius 1 is 1.46 bits per heavy atom. The van der Waals surface area contributed by atoms with Gasteiger partial charge in [0.15, 0.2) is 5.15 Å². The normalized spacial score (nSPS) is 10.0. The average Bonchev–Trinajstić information content (AvgIpc) is 2.15. The van der Waals surface area contributed by atoms with Gasteiger partial charge in [0.25, 0.3) is 0 Å². The Hall–Kier alpha value is -0.870. The quantitative estimate of drug-likeness (QED) is 0.726. The van der Waals surface area contributed by atoms with E-state index in [1.165, 1.54) is 0 Å². The predicted molar refractivity (Wildman–Crippen MR) is 51.1 cm³/mol. The van der Waals surface area contributed by atoms with Gasteiger partial charge in [-0.2, -0.15) is 0 Å². The zero-order chi connectivity index (χ0) is 9.52. The van der Waals surface area contributed by atoms with E-state index in [2.05, 4.69) is 15.5 Å². The smallest absolute Gasteiger partial charge is 0.233 e. The second-order valence-electron chi connectivity index (χ2n) is 2.40. The van der Waals surface area contributed by atoms with Crippen LogP contribution in [0.15, 0.2) is 12.1 Å². The molecule has 0 bridgehead atoms. The minimum Gasteiger partial charge on any atom is -0.475 e. The lowest BCUT2D eigenvalue weighted by Gasteiger charge is -2.03. The van der Waals surface area contributed by atoms with Crippen LogP contribution in [0.1, 0.15) is 6.92 Å². The summed E-state index contributed by atoms with van der Waals surface area (Å²) in [5.74, 6) is 0.502. The third-order valence-electron chi connectivity index (χ3n) is 1.39. The molecule has 1 N–H and O–H groups in total. The number of nitrogens with one attached hydrogen (secondary N) is 1. The highest BCUT2D eigenvalue weighted by atomic mass is 35.5. The van der Waals surface area contributed by atoms with Crippen molar-refractivity contribution in [2.24, 2.45) is 0 Å². The molecule has 1 heterocycles. The van der Waals surface area contributed by atoms with Gasteiger partial charge in [0, 0.05) is 12.6 Å².